The molecule has 2 aromatic rings. The molecule has 3 N–H and O–H groups in total. The minimum atomic E-state index is -4.51. The Balaban J connectivity index is 1.26. The molecule has 1 aliphatic carbocycles. The summed E-state index contributed by atoms with van der Waals surface area (Å²) in [6.07, 6.45) is 3.68. The van der Waals surface area contributed by atoms with Gasteiger partial charge in [0.05, 0.1) is 24.0 Å². The summed E-state index contributed by atoms with van der Waals surface area (Å²) in [5.41, 5.74) is -1.06. The van der Waals surface area contributed by atoms with Crippen LogP contribution in [0.2, 0.25) is 8.67 Å². The third-order valence-electron chi connectivity index (χ3n) is 10.2. The van der Waals surface area contributed by atoms with Crippen LogP contribution < -0.4 is 15.4 Å². The van der Waals surface area contributed by atoms with Crippen molar-refractivity contribution in [1.82, 2.24) is 25.2 Å². The van der Waals surface area contributed by atoms with Crippen molar-refractivity contribution in [1.29, 1.82) is 0 Å². The number of nitrogens with one attached hydrogen (secondary N) is 3. The molecule has 5 atom stereocenters. The molecule has 304 valence electrons. The summed E-state index contributed by atoms with van der Waals surface area (Å²) in [6.45, 7) is 5.58. The zero-order valence-corrected chi connectivity index (χ0v) is 34.2. The summed E-state index contributed by atoms with van der Waals surface area (Å²) in [7, 11) is -4.51. The maximum absolute atomic E-state index is 14.5. The van der Waals surface area contributed by atoms with Gasteiger partial charge >= 0.3 is 12.2 Å². The van der Waals surface area contributed by atoms with Crippen LogP contribution in [0.5, 0.6) is 0 Å². The number of thiophene rings is 1. The molecule has 4 aliphatic rings. The van der Waals surface area contributed by atoms with E-state index >= 15 is 0 Å². The highest BCUT2D eigenvalue weighted by molar-refractivity contribution is 7.90. The van der Waals surface area contributed by atoms with Gasteiger partial charge in [0.1, 0.15) is 38.8 Å². The first-order valence-electron chi connectivity index (χ1n) is 18.3. The van der Waals surface area contributed by atoms with Crippen LogP contribution in [0.3, 0.4) is 0 Å². The fraction of sp³-hybridized carbons (Fsp3) is 0.541. The SMILES string of the molecule is CC(C)(C)COC(=O)N[C@H]1CCCCC/C=C\[C@@H]2C[C@@]2(C(=O)NS(=O)(=O)c2cc(Cl)sc2Cl)NC(=O)[C@@H]2C[C@@H](OC(=O)N3Cc4cccc(F)c4C3)CN2C1=O. The number of carbonyl (C=O) groups is 5. The number of benzene rings is 1. The predicted octanol–water partition coefficient (Wildman–Crippen LogP) is 5.66. The highest BCUT2D eigenvalue weighted by Gasteiger charge is 2.62. The Hall–Kier alpha value is -3.93. The number of hydrogen-bond donors (Lipinski definition) is 3. The molecule has 56 heavy (non-hydrogen) atoms. The first-order chi connectivity index (χ1) is 26.4. The van der Waals surface area contributed by atoms with Crippen LogP contribution in [-0.4, -0.2) is 85.0 Å². The summed E-state index contributed by atoms with van der Waals surface area (Å²) >= 11 is 12.9. The lowest BCUT2D eigenvalue weighted by Gasteiger charge is -2.30. The number of sulfonamides is 1. The number of alkyl carbamates (subject to hydrolysis) is 1. The zero-order valence-electron chi connectivity index (χ0n) is 31.1. The standard InChI is InChI=1S/C37H44Cl2FN5O9S2/c1-36(2,3)20-53-34(49)41-26-13-8-6-4-5-7-11-22-16-37(22,33(48)43-56(51,52)28-15-29(38)55-30(28)39)42-31(46)27-14-23(18-45(27)32(26)47)54-35(50)44-17-21-10-9-12-25(40)24(21)19-44/h7,9-12,15,22-23,26-27H,4-6,8,13-14,16-20H2,1-3H3,(H,41,49)(H,42,46)(H,43,48)/b11-7-/t22-,23-,26+,27+,37-/m1/s1. The molecule has 0 bridgehead atoms. The van der Waals surface area contributed by atoms with Crippen molar-refractivity contribution in [2.75, 3.05) is 13.2 Å². The van der Waals surface area contributed by atoms with E-state index in [9.17, 15) is 36.8 Å². The quantitative estimate of drug-likeness (QED) is 0.309. The Morgan fingerprint density at radius 2 is 1.89 bits per heavy atom. The lowest BCUT2D eigenvalue weighted by Crippen LogP contribution is -2.58. The summed E-state index contributed by atoms with van der Waals surface area (Å²) in [5.74, 6) is -3.47. The van der Waals surface area contributed by atoms with E-state index in [-0.39, 0.29) is 59.6 Å². The molecule has 4 heterocycles. The molecule has 1 aromatic carbocycles. The number of hydrogen-bond acceptors (Lipinski definition) is 10. The number of fused-ring (bicyclic) bond motifs is 3. The Kier molecular flexibility index (Phi) is 12.3. The minimum absolute atomic E-state index is 0.0268. The van der Waals surface area contributed by atoms with Gasteiger partial charge in [0, 0.05) is 24.4 Å². The van der Waals surface area contributed by atoms with E-state index in [1.54, 1.807) is 18.2 Å². The topological polar surface area (TPSA) is 181 Å². The number of halogens is 3. The van der Waals surface area contributed by atoms with E-state index in [1.165, 1.54) is 15.9 Å². The van der Waals surface area contributed by atoms with Crippen molar-refractivity contribution in [2.24, 2.45) is 11.3 Å². The van der Waals surface area contributed by atoms with Gasteiger partial charge in [0.25, 0.3) is 15.9 Å². The van der Waals surface area contributed by atoms with Crippen molar-refractivity contribution >= 4 is 74.5 Å². The Labute approximate surface area is 338 Å². The first kappa shape index (κ1) is 41.7. The molecule has 1 saturated heterocycles. The molecule has 19 heteroatoms. The number of nitrogens with zero attached hydrogens (tertiary/aromatic N) is 2. The van der Waals surface area contributed by atoms with Gasteiger partial charge in [0.15, 0.2) is 0 Å². The third-order valence-corrected chi connectivity index (χ3v) is 13.3. The van der Waals surface area contributed by atoms with Gasteiger partial charge in [-0.15, -0.1) is 11.3 Å². The van der Waals surface area contributed by atoms with Crippen molar-refractivity contribution in [3.8, 4) is 0 Å². The molecule has 0 unspecified atom stereocenters. The van der Waals surface area contributed by atoms with Gasteiger partial charge in [-0.25, -0.2) is 27.1 Å². The third kappa shape index (κ3) is 9.43. The predicted molar refractivity (Wildman–Crippen MR) is 205 cm³/mol. The average Bonchev–Trinajstić information content (AvgIpc) is 3.42. The fourth-order valence-corrected chi connectivity index (χ4v) is 10.3. The van der Waals surface area contributed by atoms with Gasteiger partial charge < -0.3 is 25.0 Å². The van der Waals surface area contributed by atoms with Crippen LogP contribution >= 0.6 is 34.5 Å². The number of amides is 5. The van der Waals surface area contributed by atoms with Crippen molar-refractivity contribution in [2.45, 2.75) is 107 Å². The highest BCUT2D eigenvalue weighted by atomic mass is 35.5. The Bertz CT molecular complexity index is 2040. The van der Waals surface area contributed by atoms with Gasteiger partial charge in [-0.3, -0.25) is 19.3 Å². The maximum Gasteiger partial charge on any atom is 0.410 e. The number of ether oxygens (including phenoxy) is 2. The van der Waals surface area contributed by atoms with Crippen molar-refractivity contribution in [3.63, 3.8) is 0 Å². The maximum atomic E-state index is 14.5. The van der Waals surface area contributed by atoms with E-state index < -0.39 is 80.3 Å². The van der Waals surface area contributed by atoms with Crippen molar-refractivity contribution in [3.05, 3.63) is 62.0 Å². The monoisotopic (exact) mass is 855 g/mol. The lowest BCUT2D eigenvalue weighted by atomic mass is 9.99. The molecule has 5 amide bonds. The molecule has 0 spiro atoms. The number of allylic oxidation sites excluding steroid dienone is 1. The number of carbonyl (C=O) groups excluding carboxylic acids is 5. The fourth-order valence-electron chi connectivity index (χ4n) is 7.13. The largest absolute Gasteiger partial charge is 0.449 e. The van der Waals surface area contributed by atoms with Crippen LogP contribution in [0, 0.1) is 17.2 Å². The lowest BCUT2D eigenvalue weighted by molar-refractivity contribution is -0.141. The van der Waals surface area contributed by atoms with Crippen LogP contribution in [0.25, 0.3) is 0 Å². The molecule has 1 aromatic heterocycles. The second-order valence-corrected chi connectivity index (χ2v) is 19.7. The van der Waals surface area contributed by atoms with E-state index in [2.05, 4.69) is 10.6 Å². The molecule has 6 rings (SSSR count). The zero-order chi connectivity index (χ0) is 40.6. The minimum Gasteiger partial charge on any atom is -0.449 e. The van der Waals surface area contributed by atoms with Gasteiger partial charge in [-0.2, -0.15) is 0 Å². The molecule has 2 fully saturated rings. The van der Waals surface area contributed by atoms with E-state index in [0.717, 1.165) is 17.4 Å². The van der Waals surface area contributed by atoms with Crippen LogP contribution in [0.15, 0.2) is 41.3 Å². The molecule has 14 nitrogen and oxygen atoms in total. The number of rotatable bonds is 6. The molecule has 1 saturated carbocycles. The molecular formula is C37H44Cl2FN5O9S2. The van der Waals surface area contributed by atoms with Gasteiger partial charge in [0.2, 0.25) is 11.8 Å². The summed E-state index contributed by atoms with van der Waals surface area (Å²) in [6, 6.07) is 3.27. The van der Waals surface area contributed by atoms with Crippen LogP contribution in [-0.2, 0) is 47.0 Å². The summed E-state index contributed by atoms with van der Waals surface area (Å²) in [4.78, 5) is 71.1. The molecule has 0 radical (unpaired) electrons. The van der Waals surface area contributed by atoms with Crippen LogP contribution in [0.1, 0.15) is 76.8 Å². The molecule has 3 aliphatic heterocycles. The molecular weight excluding hydrogens is 812 g/mol. The smallest absolute Gasteiger partial charge is 0.410 e. The van der Waals surface area contributed by atoms with Gasteiger partial charge in [-0.1, -0.05) is 81.1 Å². The van der Waals surface area contributed by atoms with Crippen LogP contribution in [0.4, 0.5) is 14.0 Å². The highest BCUT2D eigenvalue weighted by Crippen LogP contribution is 2.46. The Morgan fingerprint density at radius 3 is 2.59 bits per heavy atom. The second-order valence-electron chi connectivity index (χ2n) is 15.8. The second kappa shape index (κ2) is 16.5. The Morgan fingerprint density at radius 1 is 1.12 bits per heavy atom. The van der Waals surface area contributed by atoms with E-state index in [4.69, 9.17) is 32.7 Å². The van der Waals surface area contributed by atoms with E-state index in [1.807, 2.05) is 31.6 Å². The first-order valence-corrected chi connectivity index (χ1v) is 21.4. The van der Waals surface area contributed by atoms with Crippen molar-refractivity contribution < 1.29 is 46.3 Å². The van der Waals surface area contributed by atoms with Gasteiger partial charge in [-0.05, 0) is 48.8 Å². The van der Waals surface area contributed by atoms with E-state index in [0.29, 0.717) is 36.8 Å². The summed E-state index contributed by atoms with van der Waals surface area (Å²) < 4.78 is 54.2. The summed E-state index contributed by atoms with van der Waals surface area (Å²) in [5, 5.41) is 5.41. The normalized spacial score (nSPS) is 26.1. The average molecular weight is 857 g/mol.